The van der Waals surface area contributed by atoms with Crippen LogP contribution in [0.4, 0.5) is 0 Å². The Bertz CT molecular complexity index is 497. The van der Waals surface area contributed by atoms with Crippen molar-refractivity contribution >= 4 is 38.9 Å². The molecule has 0 radical (unpaired) electrons. The predicted molar refractivity (Wildman–Crippen MR) is 66.8 cm³/mol. The van der Waals surface area contributed by atoms with E-state index in [0.29, 0.717) is 4.34 Å². The smallest absolute Gasteiger partial charge is 0.304 e. The third-order valence-corrected chi connectivity index (χ3v) is 5.07. The van der Waals surface area contributed by atoms with Crippen LogP contribution in [-0.4, -0.2) is 36.6 Å². The Morgan fingerprint density at radius 3 is 2.65 bits per heavy atom. The van der Waals surface area contributed by atoms with E-state index in [1.807, 2.05) is 0 Å². The van der Waals surface area contributed by atoms with Gasteiger partial charge in [0.05, 0.1) is 16.5 Å². The third-order valence-electron chi connectivity index (χ3n) is 2.06. The molecule has 0 saturated heterocycles. The van der Waals surface area contributed by atoms with Gasteiger partial charge in [0.25, 0.3) is 0 Å². The second-order valence-electron chi connectivity index (χ2n) is 3.42. The molecule has 0 atom stereocenters. The molecule has 1 N–H and O–H groups in total. The molecule has 17 heavy (non-hydrogen) atoms. The van der Waals surface area contributed by atoms with Crippen molar-refractivity contribution in [1.29, 1.82) is 0 Å². The maximum Gasteiger partial charge on any atom is 0.304 e. The molecule has 0 bridgehead atoms. The van der Waals surface area contributed by atoms with E-state index in [9.17, 15) is 13.2 Å². The van der Waals surface area contributed by atoms with Crippen molar-refractivity contribution in [2.75, 3.05) is 12.8 Å². The quantitative estimate of drug-likeness (QED) is 0.866. The number of carbonyl (C=O) groups is 1. The van der Waals surface area contributed by atoms with Gasteiger partial charge in [-0.1, -0.05) is 11.6 Å². The lowest BCUT2D eigenvalue weighted by Crippen LogP contribution is -2.29. The van der Waals surface area contributed by atoms with E-state index in [-0.39, 0.29) is 6.54 Å². The Morgan fingerprint density at radius 1 is 1.53 bits per heavy atom. The minimum Gasteiger partial charge on any atom is -0.481 e. The Kier molecular flexibility index (Phi) is 4.93. The van der Waals surface area contributed by atoms with Gasteiger partial charge in [0.2, 0.25) is 10.0 Å². The summed E-state index contributed by atoms with van der Waals surface area (Å²) in [4.78, 5) is 11.1. The average molecular weight is 298 g/mol. The van der Waals surface area contributed by atoms with Gasteiger partial charge in [-0.3, -0.25) is 4.79 Å². The lowest BCUT2D eigenvalue weighted by Gasteiger charge is -2.15. The topological polar surface area (TPSA) is 74.7 Å². The lowest BCUT2D eigenvalue weighted by molar-refractivity contribution is -0.136. The van der Waals surface area contributed by atoms with E-state index in [2.05, 4.69) is 0 Å². The van der Waals surface area contributed by atoms with Crippen LogP contribution in [-0.2, 0) is 21.4 Å². The summed E-state index contributed by atoms with van der Waals surface area (Å²) >= 11 is 7.03. The van der Waals surface area contributed by atoms with Gasteiger partial charge in [-0.15, -0.1) is 11.3 Å². The highest BCUT2D eigenvalue weighted by atomic mass is 35.5. The highest BCUT2D eigenvalue weighted by Crippen LogP contribution is 2.23. The molecule has 0 aliphatic rings. The van der Waals surface area contributed by atoms with E-state index in [0.717, 1.165) is 9.18 Å². The number of sulfonamides is 1. The van der Waals surface area contributed by atoms with E-state index < -0.39 is 28.2 Å². The highest BCUT2D eigenvalue weighted by molar-refractivity contribution is 7.89. The summed E-state index contributed by atoms with van der Waals surface area (Å²) in [5.41, 5.74) is 0. The van der Waals surface area contributed by atoms with Crippen LogP contribution in [0.1, 0.15) is 11.3 Å². The lowest BCUT2D eigenvalue weighted by atomic mass is 10.5. The van der Waals surface area contributed by atoms with Crippen LogP contribution >= 0.6 is 22.9 Å². The minimum absolute atomic E-state index is 0.208. The molecule has 0 aromatic carbocycles. The van der Waals surface area contributed by atoms with E-state index in [1.165, 1.54) is 18.4 Å². The van der Waals surface area contributed by atoms with Crippen molar-refractivity contribution in [2.45, 2.75) is 13.0 Å². The zero-order chi connectivity index (χ0) is 13.1. The maximum atomic E-state index is 11.7. The molecule has 8 heteroatoms. The molecule has 0 fully saturated rings. The maximum absolute atomic E-state index is 11.7. The minimum atomic E-state index is -3.53. The van der Waals surface area contributed by atoms with Crippen molar-refractivity contribution in [1.82, 2.24) is 4.31 Å². The van der Waals surface area contributed by atoms with Crippen LogP contribution in [0.2, 0.25) is 4.34 Å². The molecule has 0 spiro atoms. The van der Waals surface area contributed by atoms with Crippen molar-refractivity contribution in [3.63, 3.8) is 0 Å². The molecule has 0 aliphatic heterocycles. The average Bonchev–Trinajstić information content (AvgIpc) is 2.61. The molecular weight excluding hydrogens is 286 g/mol. The number of aliphatic carboxylic acids is 1. The summed E-state index contributed by atoms with van der Waals surface area (Å²) in [6.07, 6.45) is -0.391. The fraction of sp³-hybridized carbons (Fsp3) is 0.444. The Balaban J connectivity index is 2.62. The number of carboxylic acid groups (broad SMARTS) is 1. The van der Waals surface area contributed by atoms with Crippen molar-refractivity contribution in [3.05, 3.63) is 21.3 Å². The van der Waals surface area contributed by atoms with E-state index in [1.54, 1.807) is 12.1 Å². The van der Waals surface area contributed by atoms with Crippen LogP contribution in [0.15, 0.2) is 12.1 Å². The zero-order valence-electron chi connectivity index (χ0n) is 9.09. The Labute approximate surface area is 109 Å². The van der Waals surface area contributed by atoms with Gasteiger partial charge in [-0.2, -0.15) is 4.31 Å². The largest absolute Gasteiger partial charge is 0.481 e. The first-order chi connectivity index (χ1) is 7.81. The molecule has 0 amide bonds. The summed E-state index contributed by atoms with van der Waals surface area (Å²) in [6.45, 7) is 0.208. The molecule has 1 heterocycles. The first kappa shape index (κ1) is 14.4. The number of hydrogen-bond acceptors (Lipinski definition) is 4. The molecule has 96 valence electrons. The molecular formula is C9H12ClNO4S2. The van der Waals surface area contributed by atoms with Crippen LogP contribution < -0.4 is 0 Å². The van der Waals surface area contributed by atoms with Gasteiger partial charge in [0.15, 0.2) is 0 Å². The van der Waals surface area contributed by atoms with Gasteiger partial charge < -0.3 is 5.11 Å². The number of halogens is 1. The number of rotatable bonds is 6. The normalized spacial score (nSPS) is 11.9. The Hall–Kier alpha value is -0.630. The second kappa shape index (κ2) is 5.81. The monoisotopic (exact) mass is 297 g/mol. The summed E-state index contributed by atoms with van der Waals surface area (Å²) in [5.74, 6) is -1.51. The number of carboxylic acids is 1. The van der Waals surface area contributed by atoms with Crippen LogP contribution in [0, 0.1) is 0 Å². The van der Waals surface area contributed by atoms with Gasteiger partial charge in [0.1, 0.15) is 0 Å². The molecule has 1 rings (SSSR count). The van der Waals surface area contributed by atoms with Crippen molar-refractivity contribution in [3.8, 4) is 0 Å². The molecule has 0 unspecified atom stereocenters. The zero-order valence-corrected chi connectivity index (χ0v) is 11.5. The highest BCUT2D eigenvalue weighted by Gasteiger charge is 2.19. The SMILES string of the molecule is CN(Cc1ccc(Cl)s1)S(=O)(=O)CCC(=O)O. The predicted octanol–water partition coefficient (Wildman–Crippen LogP) is 1.64. The summed E-state index contributed by atoms with van der Waals surface area (Å²) in [6, 6.07) is 3.44. The van der Waals surface area contributed by atoms with Crippen LogP contribution in [0.3, 0.4) is 0 Å². The molecule has 0 saturated carbocycles. The van der Waals surface area contributed by atoms with Gasteiger partial charge in [-0.25, -0.2) is 8.42 Å². The van der Waals surface area contributed by atoms with E-state index >= 15 is 0 Å². The van der Waals surface area contributed by atoms with Gasteiger partial charge >= 0.3 is 5.97 Å². The summed E-state index contributed by atoms with van der Waals surface area (Å²) in [7, 11) is -2.11. The third kappa shape index (κ3) is 4.63. The summed E-state index contributed by atoms with van der Waals surface area (Å²) in [5, 5.41) is 8.45. The number of thiophene rings is 1. The summed E-state index contributed by atoms with van der Waals surface area (Å²) < 4.78 is 25.1. The fourth-order valence-electron chi connectivity index (χ4n) is 1.13. The van der Waals surface area contributed by atoms with Gasteiger partial charge in [-0.05, 0) is 12.1 Å². The molecule has 0 aliphatic carbocycles. The first-order valence-corrected chi connectivity index (χ1v) is 7.51. The number of nitrogens with zero attached hydrogens (tertiary/aromatic N) is 1. The second-order valence-corrected chi connectivity index (χ2v) is 7.42. The van der Waals surface area contributed by atoms with Crippen molar-refractivity contribution < 1.29 is 18.3 Å². The van der Waals surface area contributed by atoms with Crippen molar-refractivity contribution in [2.24, 2.45) is 0 Å². The number of hydrogen-bond donors (Lipinski definition) is 1. The van der Waals surface area contributed by atoms with Crippen LogP contribution in [0.25, 0.3) is 0 Å². The van der Waals surface area contributed by atoms with E-state index in [4.69, 9.17) is 16.7 Å². The van der Waals surface area contributed by atoms with Gasteiger partial charge in [0, 0.05) is 18.5 Å². The first-order valence-electron chi connectivity index (χ1n) is 4.71. The standard InChI is InChI=1S/C9H12ClNO4S2/c1-11(6-7-2-3-8(10)16-7)17(14,15)5-4-9(12)13/h2-3H,4-6H2,1H3,(H,12,13). The Morgan fingerprint density at radius 2 is 2.18 bits per heavy atom. The molecule has 5 nitrogen and oxygen atoms in total. The fourth-order valence-corrected chi connectivity index (χ4v) is 3.43. The molecule has 1 aromatic heterocycles. The molecule has 1 aromatic rings. The van der Waals surface area contributed by atoms with Crippen LogP contribution in [0.5, 0.6) is 0 Å².